The third kappa shape index (κ3) is 4.23. The number of hydrogen-bond donors (Lipinski definition) is 1. The molecule has 30 heavy (non-hydrogen) atoms. The van der Waals surface area contributed by atoms with Gasteiger partial charge in [0.2, 0.25) is 0 Å². The standard InChI is InChI=1S/C21H18ClF2NO5/c1-3-29-19(27)9-14-11(2)25(17-10-16(22)18(26)8-15(14)17)20(28)12-4-6-13(7-5-12)30-21(23)24/h4-8,10,21,26H,3,9H2,1-2H3. The van der Waals surface area contributed by atoms with Gasteiger partial charge in [-0.2, -0.15) is 8.78 Å². The first-order chi connectivity index (χ1) is 14.2. The molecule has 0 aliphatic carbocycles. The Morgan fingerprint density at radius 2 is 1.87 bits per heavy atom. The second kappa shape index (κ2) is 8.71. The van der Waals surface area contributed by atoms with Gasteiger partial charge in [0.15, 0.2) is 0 Å². The number of carbonyl (C=O) groups excluding carboxylic acids is 2. The topological polar surface area (TPSA) is 77.8 Å². The number of phenols is 1. The summed E-state index contributed by atoms with van der Waals surface area (Å²) >= 11 is 6.04. The molecular formula is C21H18ClF2NO5. The first-order valence-corrected chi connectivity index (χ1v) is 9.38. The molecule has 0 atom stereocenters. The predicted molar refractivity (Wildman–Crippen MR) is 106 cm³/mol. The first-order valence-electron chi connectivity index (χ1n) is 9.00. The molecule has 1 aromatic heterocycles. The van der Waals surface area contributed by atoms with Crippen LogP contribution in [0.5, 0.6) is 11.5 Å². The zero-order valence-corrected chi connectivity index (χ0v) is 16.9. The summed E-state index contributed by atoms with van der Waals surface area (Å²) in [6.45, 7) is 0.581. The predicted octanol–water partition coefficient (Wildman–Crippen LogP) is 4.70. The molecule has 0 bridgehead atoms. The molecule has 0 spiro atoms. The SMILES string of the molecule is CCOC(=O)Cc1c(C)n(C(=O)c2ccc(OC(F)F)cc2)c2cc(Cl)c(O)cc12. The fourth-order valence-electron chi connectivity index (χ4n) is 3.24. The molecule has 0 saturated carbocycles. The highest BCUT2D eigenvalue weighted by Crippen LogP contribution is 2.35. The minimum Gasteiger partial charge on any atom is -0.506 e. The summed E-state index contributed by atoms with van der Waals surface area (Å²) in [5, 5.41) is 10.5. The van der Waals surface area contributed by atoms with E-state index in [4.69, 9.17) is 16.3 Å². The van der Waals surface area contributed by atoms with Crippen LogP contribution in [0.3, 0.4) is 0 Å². The number of benzene rings is 2. The first kappa shape index (κ1) is 21.6. The number of phenolic OH excluding ortho intramolecular Hbond substituents is 1. The number of esters is 1. The van der Waals surface area contributed by atoms with E-state index in [1.165, 1.54) is 41.0 Å². The zero-order valence-electron chi connectivity index (χ0n) is 16.1. The van der Waals surface area contributed by atoms with Crippen LogP contribution in [0.15, 0.2) is 36.4 Å². The third-order valence-electron chi connectivity index (χ3n) is 4.56. The van der Waals surface area contributed by atoms with Gasteiger partial charge in [-0.05, 0) is 55.8 Å². The Balaban J connectivity index is 2.10. The van der Waals surface area contributed by atoms with Gasteiger partial charge in [0, 0.05) is 16.6 Å². The van der Waals surface area contributed by atoms with Gasteiger partial charge in [-0.1, -0.05) is 11.6 Å². The van der Waals surface area contributed by atoms with E-state index < -0.39 is 18.5 Å². The molecule has 158 valence electrons. The van der Waals surface area contributed by atoms with Gasteiger partial charge in [0.05, 0.1) is 23.6 Å². The van der Waals surface area contributed by atoms with Crippen LogP contribution in [-0.2, 0) is 16.0 Å². The molecule has 0 fully saturated rings. The summed E-state index contributed by atoms with van der Waals surface area (Å²) in [5.41, 5.74) is 1.59. The van der Waals surface area contributed by atoms with Crippen molar-refractivity contribution in [1.29, 1.82) is 0 Å². The molecule has 0 aliphatic heterocycles. The Morgan fingerprint density at radius 3 is 2.47 bits per heavy atom. The van der Waals surface area contributed by atoms with Crippen LogP contribution in [0.1, 0.15) is 28.5 Å². The van der Waals surface area contributed by atoms with E-state index in [9.17, 15) is 23.5 Å². The van der Waals surface area contributed by atoms with Crippen molar-refractivity contribution in [3.05, 3.63) is 58.2 Å². The zero-order chi connectivity index (χ0) is 22.0. The molecule has 1 N–H and O–H groups in total. The number of aromatic nitrogens is 1. The molecule has 6 nitrogen and oxygen atoms in total. The van der Waals surface area contributed by atoms with Crippen molar-refractivity contribution in [3.8, 4) is 11.5 Å². The smallest absolute Gasteiger partial charge is 0.387 e. The van der Waals surface area contributed by atoms with Crippen molar-refractivity contribution in [1.82, 2.24) is 4.57 Å². The third-order valence-corrected chi connectivity index (χ3v) is 4.86. The van der Waals surface area contributed by atoms with Gasteiger partial charge in [0.1, 0.15) is 11.5 Å². The second-order valence-corrected chi connectivity index (χ2v) is 6.82. The van der Waals surface area contributed by atoms with Crippen LogP contribution in [0.4, 0.5) is 8.78 Å². The van der Waals surface area contributed by atoms with Crippen molar-refractivity contribution in [2.75, 3.05) is 6.61 Å². The van der Waals surface area contributed by atoms with Gasteiger partial charge in [0.25, 0.3) is 5.91 Å². The van der Waals surface area contributed by atoms with E-state index in [2.05, 4.69) is 4.74 Å². The molecule has 0 aliphatic rings. The van der Waals surface area contributed by atoms with Crippen LogP contribution in [0.25, 0.3) is 10.9 Å². The quantitative estimate of drug-likeness (QED) is 0.565. The molecule has 0 amide bonds. The average molecular weight is 438 g/mol. The lowest BCUT2D eigenvalue weighted by molar-refractivity contribution is -0.142. The van der Waals surface area contributed by atoms with Crippen molar-refractivity contribution in [2.24, 2.45) is 0 Å². The average Bonchev–Trinajstić information content (AvgIpc) is 2.93. The fourth-order valence-corrected chi connectivity index (χ4v) is 3.40. The maximum Gasteiger partial charge on any atom is 0.387 e. The Bertz CT molecular complexity index is 1110. The molecule has 0 unspecified atom stereocenters. The summed E-state index contributed by atoms with van der Waals surface area (Å²) in [7, 11) is 0. The van der Waals surface area contributed by atoms with Gasteiger partial charge in [-0.25, -0.2) is 0 Å². The summed E-state index contributed by atoms with van der Waals surface area (Å²) in [5.74, 6) is -1.20. The number of carbonyl (C=O) groups is 2. The van der Waals surface area contributed by atoms with Crippen molar-refractivity contribution in [2.45, 2.75) is 26.9 Å². The monoisotopic (exact) mass is 437 g/mol. The maximum atomic E-state index is 13.2. The molecule has 2 aromatic carbocycles. The van der Waals surface area contributed by atoms with Gasteiger partial charge >= 0.3 is 12.6 Å². The van der Waals surface area contributed by atoms with Crippen molar-refractivity contribution in [3.63, 3.8) is 0 Å². The molecule has 0 saturated heterocycles. The van der Waals surface area contributed by atoms with E-state index >= 15 is 0 Å². The Hall–Kier alpha value is -3.13. The number of ether oxygens (including phenoxy) is 2. The normalized spacial score (nSPS) is 11.1. The fraction of sp³-hybridized carbons (Fsp3) is 0.238. The van der Waals surface area contributed by atoms with Crippen LogP contribution in [0.2, 0.25) is 5.02 Å². The van der Waals surface area contributed by atoms with Crippen LogP contribution in [-0.4, -0.2) is 34.8 Å². The maximum absolute atomic E-state index is 13.2. The minimum atomic E-state index is -2.97. The Morgan fingerprint density at radius 1 is 1.20 bits per heavy atom. The summed E-state index contributed by atoms with van der Waals surface area (Å²) in [6, 6.07) is 8.07. The van der Waals surface area contributed by atoms with E-state index in [1.807, 2.05) is 0 Å². The number of rotatable bonds is 6. The lowest BCUT2D eigenvalue weighted by atomic mass is 10.1. The van der Waals surface area contributed by atoms with Gasteiger partial charge < -0.3 is 14.6 Å². The minimum absolute atomic E-state index is 0.0393. The van der Waals surface area contributed by atoms with E-state index in [-0.39, 0.29) is 35.1 Å². The Labute approximate surface area is 175 Å². The Kier molecular flexibility index (Phi) is 6.26. The van der Waals surface area contributed by atoms with Gasteiger partial charge in [-0.15, -0.1) is 0 Å². The van der Waals surface area contributed by atoms with E-state index in [0.717, 1.165) is 0 Å². The highest BCUT2D eigenvalue weighted by Gasteiger charge is 2.23. The summed E-state index contributed by atoms with van der Waals surface area (Å²) in [4.78, 5) is 25.2. The molecule has 3 rings (SSSR count). The summed E-state index contributed by atoms with van der Waals surface area (Å²) < 4.78 is 35.3. The lowest BCUT2D eigenvalue weighted by Gasteiger charge is -2.09. The number of halogens is 3. The molecular weight excluding hydrogens is 420 g/mol. The van der Waals surface area contributed by atoms with Gasteiger partial charge in [-0.3, -0.25) is 14.2 Å². The molecule has 3 aromatic rings. The second-order valence-electron chi connectivity index (χ2n) is 6.41. The highest BCUT2D eigenvalue weighted by atomic mass is 35.5. The molecule has 0 radical (unpaired) electrons. The lowest BCUT2D eigenvalue weighted by Crippen LogP contribution is -2.14. The summed E-state index contributed by atoms with van der Waals surface area (Å²) in [6.07, 6.45) is -0.0985. The van der Waals surface area contributed by atoms with Crippen molar-refractivity contribution < 1.29 is 33.0 Å². The van der Waals surface area contributed by atoms with E-state index in [0.29, 0.717) is 22.2 Å². The number of hydrogen-bond acceptors (Lipinski definition) is 5. The number of nitrogens with zero attached hydrogens (tertiary/aromatic N) is 1. The van der Waals surface area contributed by atoms with Crippen molar-refractivity contribution >= 4 is 34.4 Å². The largest absolute Gasteiger partial charge is 0.506 e. The number of aromatic hydroxyl groups is 1. The molecule has 1 heterocycles. The van der Waals surface area contributed by atoms with Crippen LogP contribution < -0.4 is 4.74 Å². The van der Waals surface area contributed by atoms with Crippen LogP contribution >= 0.6 is 11.6 Å². The van der Waals surface area contributed by atoms with Crippen LogP contribution in [0, 0.1) is 6.92 Å². The number of alkyl halides is 2. The molecule has 9 heteroatoms. The highest BCUT2D eigenvalue weighted by molar-refractivity contribution is 6.33. The van der Waals surface area contributed by atoms with E-state index in [1.54, 1.807) is 13.8 Å². The number of fused-ring (bicyclic) bond motifs is 1.